The number of rotatable bonds is 2. The molecule has 1 aliphatic heterocycles. The number of halogens is 1. The average molecular weight is 147 g/mol. The number of hydrogen-bond donors (Lipinski definition) is 1. The van der Waals surface area contributed by atoms with Gasteiger partial charge in [0.05, 0.1) is 0 Å². The van der Waals surface area contributed by atoms with Gasteiger partial charge in [-0.3, -0.25) is 0 Å². The Bertz CT molecular complexity index is 145. The smallest absolute Gasteiger partial charge is 0.338 e. The molecule has 0 bridgehead atoms. The first-order valence-electron chi connectivity index (χ1n) is 3.16. The first-order valence-corrected chi connectivity index (χ1v) is 3.16. The standard InChI is InChI=1S/C6H10FNO2/c1-8-2-4(3-8)5(7)6(9)10/h4-5H,2-3H2,1H3,(H,9,10). The van der Waals surface area contributed by atoms with Crippen molar-refractivity contribution in [2.24, 2.45) is 5.92 Å². The van der Waals surface area contributed by atoms with Crippen LogP contribution in [-0.4, -0.2) is 42.3 Å². The quantitative estimate of drug-likeness (QED) is 0.596. The number of carbonyl (C=O) groups is 1. The molecule has 3 nitrogen and oxygen atoms in total. The van der Waals surface area contributed by atoms with Crippen LogP contribution in [0.1, 0.15) is 0 Å². The van der Waals surface area contributed by atoms with E-state index >= 15 is 0 Å². The van der Waals surface area contributed by atoms with Gasteiger partial charge in [0.15, 0.2) is 0 Å². The van der Waals surface area contributed by atoms with Gasteiger partial charge in [-0.05, 0) is 7.05 Å². The highest BCUT2D eigenvalue weighted by Crippen LogP contribution is 2.19. The highest BCUT2D eigenvalue weighted by molar-refractivity contribution is 5.72. The van der Waals surface area contributed by atoms with Crippen molar-refractivity contribution in [2.75, 3.05) is 20.1 Å². The number of alkyl halides is 1. The van der Waals surface area contributed by atoms with Crippen molar-refractivity contribution in [3.63, 3.8) is 0 Å². The Labute approximate surface area is 58.4 Å². The minimum Gasteiger partial charge on any atom is -0.479 e. The zero-order chi connectivity index (χ0) is 7.72. The fraction of sp³-hybridized carbons (Fsp3) is 0.833. The Morgan fingerprint density at radius 1 is 1.80 bits per heavy atom. The zero-order valence-corrected chi connectivity index (χ0v) is 5.75. The Morgan fingerprint density at radius 3 is 2.60 bits per heavy atom. The Kier molecular flexibility index (Phi) is 1.89. The highest BCUT2D eigenvalue weighted by Gasteiger charge is 2.35. The van der Waals surface area contributed by atoms with Crippen LogP contribution in [0.15, 0.2) is 0 Å². The SMILES string of the molecule is CN1CC(C(F)C(=O)O)C1. The lowest BCUT2D eigenvalue weighted by molar-refractivity contribution is -0.147. The Hall–Kier alpha value is -0.640. The van der Waals surface area contributed by atoms with Crippen molar-refractivity contribution in [1.82, 2.24) is 4.90 Å². The molecule has 1 aliphatic rings. The van der Waals surface area contributed by atoms with Crippen molar-refractivity contribution in [3.8, 4) is 0 Å². The van der Waals surface area contributed by atoms with E-state index in [0.29, 0.717) is 13.1 Å². The lowest BCUT2D eigenvalue weighted by Gasteiger charge is -2.36. The molecule has 1 unspecified atom stereocenters. The highest BCUT2D eigenvalue weighted by atomic mass is 19.1. The van der Waals surface area contributed by atoms with E-state index in [1.54, 1.807) is 0 Å². The minimum atomic E-state index is -1.67. The number of hydrogen-bond acceptors (Lipinski definition) is 2. The van der Waals surface area contributed by atoms with Gasteiger partial charge in [0, 0.05) is 19.0 Å². The molecule has 0 aromatic rings. The summed E-state index contributed by atoms with van der Waals surface area (Å²) in [6.45, 7) is 1.13. The van der Waals surface area contributed by atoms with Gasteiger partial charge >= 0.3 is 5.97 Å². The maximum atomic E-state index is 12.5. The molecular formula is C6H10FNO2. The van der Waals surface area contributed by atoms with Crippen LogP contribution in [0.5, 0.6) is 0 Å². The first-order chi connectivity index (χ1) is 4.61. The number of likely N-dealkylation sites (tertiary alicyclic amines) is 1. The predicted octanol–water partition coefficient (Wildman–Crippen LogP) is -0.0293. The van der Waals surface area contributed by atoms with Gasteiger partial charge in [0.25, 0.3) is 0 Å². The number of nitrogens with zero attached hydrogens (tertiary/aromatic N) is 1. The monoisotopic (exact) mass is 147 g/mol. The van der Waals surface area contributed by atoms with Crippen LogP contribution in [0.2, 0.25) is 0 Å². The van der Waals surface area contributed by atoms with Gasteiger partial charge in [-0.1, -0.05) is 0 Å². The summed E-state index contributed by atoms with van der Waals surface area (Å²) in [5, 5.41) is 8.21. The topological polar surface area (TPSA) is 40.5 Å². The van der Waals surface area contributed by atoms with Gasteiger partial charge in [-0.15, -0.1) is 0 Å². The third kappa shape index (κ3) is 1.26. The van der Waals surface area contributed by atoms with E-state index in [0.717, 1.165) is 0 Å². The molecule has 1 heterocycles. The molecule has 0 aromatic carbocycles. The minimum absolute atomic E-state index is 0.289. The molecule has 1 fully saturated rings. The van der Waals surface area contributed by atoms with Crippen molar-refractivity contribution in [2.45, 2.75) is 6.17 Å². The summed E-state index contributed by atoms with van der Waals surface area (Å²) in [5.41, 5.74) is 0. The van der Waals surface area contributed by atoms with Gasteiger partial charge < -0.3 is 10.0 Å². The van der Waals surface area contributed by atoms with Crippen molar-refractivity contribution >= 4 is 5.97 Å². The molecular weight excluding hydrogens is 137 g/mol. The third-order valence-corrected chi connectivity index (χ3v) is 1.74. The molecule has 0 radical (unpaired) electrons. The van der Waals surface area contributed by atoms with Crippen LogP contribution in [0.4, 0.5) is 4.39 Å². The molecule has 1 atom stereocenters. The fourth-order valence-electron chi connectivity index (χ4n) is 1.13. The second kappa shape index (κ2) is 2.54. The first kappa shape index (κ1) is 7.47. The molecule has 1 N–H and O–H groups in total. The lowest BCUT2D eigenvalue weighted by Crippen LogP contribution is -2.50. The predicted molar refractivity (Wildman–Crippen MR) is 33.5 cm³/mol. The molecule has 0 amide bonds. The van der Waals surface area contributed by atoms with E-state index < -0.39 is 12.1 Å². The molecule has 58 valence electrons. The maximum absolute atomic E-state index is 12.5. The maximum Gasteiger partial charge on any atom is 0.338 e. The third-order valence-electron chi connectivity index (χ3n) is 1.74. The normalized spacial score (nSPS) is 23.8. The second-order valence-electron chi connectivity index (χ2n) is 2.72. The molecule has 10 heavy (non-hydrogen) atoms. The largest absolute Gasteiger partial charge is 0.479 e. The molecule has 0 aliphatic carbocycles. The summed E-state index contributed by atoms with van der Waals surface area (Å²) in [5.74, 6) is -1.62. The summed E-state index contributed by atoms with van der Waals surface area (Å²) in [6.07, 6.45) is -1.67. The van der Waals surface area contributed by atoms with Gasteiger partial charge in [0.1, 0.15) is 0 Å². The second-order valence-corrected chi connectivity index (χ2v) is 2.72. The zero-order valence-electron chi connectivity index (χ0n) is 5.75. The van der Waals surface area contributed by atoms with Crippen molar-refractivity contribution in [1.29, 1.82) is 0 Å². The molecule has 0 spiro atoms. The molecule has 0 saturated carbocycles. The van der Waals surface area contributed by atoms with Gasteiger partial charge in [0.2, 0.25) is 6.17 Å². The molecule has 0 aromatic heterocycles. The van der Waals surface area contributed by atoms with Crippen LogP contribution in [0.25, 0.3) is 0 Å². The van der Waals surface area contributed by atoms with E-state index in [1.165, 1.54) is 0 Å². The van der Waals surface area contributed by atoms with E-state index in [4.69, 9.17) is 5.11 Å². The van der Waals surface area contributed by atoms with E-state index in [2.05, 4.69) is 0 Å². The summed E-state index contributed by atoms with van der Waals surface area (Å²) >= 11 is 0. The summed E-state index contributed by atoms with van der Waals surface area (Å²) in [6, 6.07) is 0. The summed E-state index contributed by atoms with van der Waals surface area (Å²) in [4.78, 5) is 11.9. The summed E-state index contributed by atoms with van der Waals surface area (Å²) in [7, 11) is 1.84. The van der Waals surface area contributed by atoms with Gasteiger partial charge in [-0.2, -0.15) is 0 Å². The Balaban J connectivity index is 2.31. The van der Waals surface area contributed by atoms with E-state index in [-0.39, 0.29) is 5.92 Å². The molecule has 1 saturated heterocycles. The molecule has 4 heteroatoms. The van der Waals surface area contributed by atoms with Crippen LogP contribution in [-0.2, 0) is 4.79 Å². The van der Waals surface area contributed by atoms with Crippen molar-refractivity contribution < 1.29 is 14.3 Å². The van der Waals surface area contributed by atoms with Crippen LogP contribution < -0.4 is 0 Å². The fourth-order valence-corrected chi connectivity index (χ4v) is 1.13. The van der Waals surface area contributed by atoms with Gasteiger partial charge in [-0.25, -0.2) is 9.18 Å². The Morgan fingerprint density at radius 2 is 2.30 bits per heavy atom. The summed E-state index contributed by atoms with van der Waals surface area (Å²) < 4.78 is 12.5. The van der Waals surface area contributed by atoms with Crippen LogP contribution in [0, 0.1) is 5.92 Å². The number of carboxylic acids is 1. The van der Waals surface area contributed by atoms with E-state index in [9.17, 15) is 9.18 Å². The van der Waals surface area contributed by atoms with E-state index in [1.807, 2.05) is 11.9 Å². The van der Waals surface area contributed by atoms with Crippen molar-refractivity contribution in [3.05, 3.63) is 0 Å². The average Bonchev–Trinajstić information content (AvgIpc) is 1.79. The number of carboxylic acid groups (broad SMARTS) is 1. The lowest BCUT2D eigenvalue weighted by atomic mass is 9.96. The van der Waals surface area contributed by atoms with Crippen LogP contribution >= 0.6 is 0 Å². The molecule has 1 rings (SSSR count). The van der Waals surface area contributed by atoms with Crippen LogP contribution in [0.3, 0.4) is 0 Å². The number of aliphatic carboxylic acids is 1.